The van der Waals surface area contributed by atoms with Gasteiger partial charge in [0.05, 0.1) is 6.54 Å². The Morgan fingerprint density at radius 2 is 2.00 bits per heavy atom. The highest BCUT2D eigenvalue weighted by Gasteiger charge is 2.13. The Kier molecular flexibility index (Phi) is 7.31. The van der Waals surface area contributed by atoms with Crippen LogP contribution in [0.4, 0.5) is 4.39 Å². The lowest BCUT2D eigenvalue weighted by Gasteiger charge is -2.20. The summed E-state index contributed by atoms with van der Waals surface area (Å²) in [5, 5.41) is 7.39. The molecule has 0 amide bonds. The Balaban J connectivity index is 0.00000264. The van der Waals surface area contributed by atoms with Gasteiger partial charge in [0.15, 0.2) is 5.96 Å². The van der Waals surface area contributed by atoms with Crippen LogP contribution in [0.2, 0.25) is 0 Å². The summed E-state index contributed by atoms with van der Waals surface area (Å²) in [7, 11) is 1.74. The normalized spacial score (nSPS) is 13.1. The molecule has 1 atom stereocenters. The minimum atomic E-state index is -0.251. The Labute approximate surface area is 153 Å². The second-order valence-corrected chi connectivity index (χ2v) is 5.89. The monoisotopic (exact) mass is 433 g/mol. The predicted molar refractivity (Wildman–Crippen MR) is 104 cm³/mol. The molecule has 2 rings (SSSR count). The van der Waals surface area contributed by atoms with Gasteiger partial charge < -0.3 is 15.1 Å². The topological polar surface area (TPSA) is 49.6 Å². The lowest BCUT2D eigenvalue weighted by atomic mass is 10.1. The fourth-order valence-corrected chi connectivity index (χ4v) is 2.15. The molecule has 1 heterocycles. The summed E-state index contributed by atoms with van der Waals surface area (Å²) >= 11 is 0. The van der Waals surface area contributed by atoms with Crippen molar-refractivity contribution >= 4 is 40.9 Å². The van der Waals surface area contributed by atoms with E-state index in [9.17, 15) is 4.39 Å². The molecule has 2 N–H and O–H groups in total. The minimum absolute atomic E-state index is 0. The second kappa shape index (κ2) is 8.52. The number of halogens is 2. The third-order valence-electron chi connectivity index (χ3n) is 4.00. The van der Waals surface area contributed by atoms with Gasteiger partial charge in [-0.25, -0.2) is 4.39 Å². The number of hydrogen-bond donors (Lipinski definition) is 2. The molecule has 1 aromatic heterocycles. The zero-order valence-corrected chi connectivity index (χ0v) is 16.6. The number of aryl methyl sites for hydroxylation is 1. The largest absolute Gasteiger partial charge is 0.459 e. The molecule has 0 fully saturated rings. The van der Waals surface area contributed by atoms with E-state index >= 15 is 0 Å². The lowest BCUT2D eigenvalue weighted by molar-refractivity contribution is 0.477. The molecule has 128 valence electrons. The van der Waals surface area contributed by atoms with Crippen molar-refractivity contribution in [1.29, 1.82) is 0 Å². The number of guanidine groups is 1. The van der Waals surface area contributed by atoms with Crippen LogP contribution < -0.4 is 10.6 Å². The van der Waals surface area contributed by atoms with Gasteiger partial charge >= 0.3 is 0 Å². The van der Waals surface area contributed by atoms with Crippen molar-refractivity contribution in [2.75, 3.05) is 7.05 Å². The molecule has 2 aromatic rings. The van der Waals surface area contributed by atoms with Crippen LogP contribution in [0.25, 0.3) is 11.0 Å². The van der Waals surface area contributed by atoms with Crippen molar-refractivity contribution in [3.05, 3.63) is 35.3 Å². The summed E-state index contributed by atoms with van der Waals surface area (Å²) < 4.78 is 19.1. The predicted octanol–water partition coefficient (Wildman–Crippen LogP) is 4.21. The maximum Gasteiger partial charge on any atom is 0.191 e. The van der Waals surface area contributed by atoms with Gasteiger partial charge in [-0.2, -0.15) is 0 Å². The van der Waals surface area contributed by atoms with Crippen LogP contribution in [0.3, 0.4) is 0 Å². The zero-order chi connectivity index (χ0) is 16.3. The quantitative estimate of drug-likeness (QED) is 0.432. The fourth-order valence-electron chi connectivity index (χ4n) is 2.15. The van der Waals surface area contributed by atoms with Crippen molar-refractivity contribution < 1.29 is 8.81 Å². The number of furan rings is 1. The smallest absolute Gasteiger partial charge is 0.191 e. The standard InChI is InChI=1S/C17H24FN3O.HI/c1-10(2)12(4)21-17(19-5)20-9-16-11(3)14-8-13(18)6-7-15(14)22-16;/h6-8,10,12H,9H2,1-5H3,(H2,19,20,21);1H. The van der Waals surface area contributed by atoms with Crippen LogP contribution >= 0.6 is 24.0 Å². The second-order valence-electron chi connectivity index (χ2n) is 5.89. The number of fused-ring (bicyclic) bond motifs is 1. The number of aliphatic imine (C=N–C) groups is 1. The molecule has 0 aliphatic heterocycles. The van der Waals surface area contributed by atoms with Crippen molar-refractivity contribution in [3.8, 4) is 0 Å². The maximum absolute atomic E-state index is 13.3. The van der Waals surface area contributed by atoms with Crippen molar-refractivity contribution in [2.24, 2.45) is 10.9 Å². The number of nitrogens with zero attached hydrogens (tertiary/aromatic N) is 1. The third-order valence-corrected chi connectivity index (χ3v) is 4.00. The van der Waals surface area contributed by atoms with Crippen LogP contribution in [0.1, 0.15) is 32.1 Å². The van der Waals surface area contributed by atoms with Crippen LogP contribution in [-0.2, 0) is 6.54 Å². The lowest BCUT2D eigenvalue weighted by Crippen LogP contribution is -2.43. The molecule has 0 saturated carbocycles. The first kappa shape index (κ1) is 19.7. The van der Waals surface area contributed by atoms with Gasteiger partial charge in [-0.05, 0) is 38.0 Å². The van der Waals surface area contributed by atoms with Crippen molar-refractivity contribution in [2.45, 2.75) is 40.3 Å². The first-order chi connectivity index (χ1) is 10.4. The third kappa shape index (κ3) is 4.83. The summed E-state index contributed by atoms with van der Waals surface area (Å²) in [6.45, 7) is 8.88. The van der Waals surface area contributed by atoms with E-state index < -0.39 is 0 Å². The van der Waals surface area contributed by atoms with E-state index in [1.54, 1.807) is 13.1 Å². The summed E-state index contributed by atoms with van der Waals surface area (Å²) in [5.41, 5.74) is 1.66. The molecule has 0 bridgehead atoms. The van der Waals surface area contributed by atoms with Crippen molar-refractivity contribution in [3.63, 3.8) is 0 Å². The molecule has 4 nitrogen and oxygen atoms in total. The summed E-state index contributed by atoms with van der Waals surface area (Å²) in [4.78, 5) is 4.22. The number of benzene rings is 1. The number of hydrogen-bond acceptors (Lipinski definition) is 2. The average Bonchev–Trinajstić information content (AvgIpc) is 2.79. The zero-order valence-electron chi connectivity index (χ0n) is 14.2. The average molecular weight is 433 g/mol. The van der Waals surface area contributed by atoms with E-state index in [1.807, 2.05) is 6.92 Å². The first-order valence-corrected chi connectivity index (χ1v) is 7.57. The van der Waals surface area contributed by atoms with E-state index in [0.29, 0.717) is 24.1 Å². The summed E-state index contributed by atoms with van der Waals surface area (Å²) in [5.74, 6) is 1.78. The number of rotatable bonds is 4. The van der Waals surface area contributed by atoms with Gasteiger partial charge in [-0.1, -0.05) is 13.8 Å². The first-order valence-electron chi connectivity index (χ1n) is 7.57. The van der Waals surface area contributed by atoms with E-state index in [0.717, 1.165) is 22.7 Å². The summed E-state index contributed by atoms with van der Waals surface area (Å²) in [6, 6.07) is 4.89. The highest BCUT2D eigenvalue weighted by Crippen LogP contribution is 2.25. The van der Waals surface area contributed by atoms with Gasteiger partial charge in [0.2, 0.25) is 0 Å². The van der Waals surface area contributed by atoms with E-state index in [2.05, 4.69) is 36.4 Å². The molecule has 0 spiro atoms. The SMILES string of the molecule is CN=C(NCc1oc2ccc(F)cc2c1C)NC(C)C(C)C.I. The van der Waals surface area contributed by atoms with Crippen LogP contribution in [-0.4, -0.2) is 19.0 Å². The Morgan fingerprint density at radius 3 is 2.61 bits per heavy atom. The van der Waals surface area contributed by atoms with E-state index in [4.69, 9.17) is 4.42 Å². The maximum atomic E-state index is 13.3. The highest BCUT2D eigenvalue weighted by molar-refractivity contribution is 14.0. The molecular formula is C17H25FIN3O. The molecule has 0 aliphatic carbocycles. The molecule has 6 heteroatoms. The van der Waals surface area contributed by atoms with Gasteiger partial charge in [-0.15, -0.1) is 24.0 Å². The molecule has 0 aliphatic rings. The Bertz CT molecular complexity index is 682. The fraction of sp³-hybridized carbons (Fsp3) is 0.471. The minimum Gasteiger partial charge on any atom is -0.459 e. The van der Waals surface area contributed by atoms with E-state index in [-0.39, 0.29) is 29.8 Å². The molecule has 1 aromatic carbocycles. The van der Waals surface area contributed by atoms with E-state index in [1.165, 1.54) is 12.1 Å². The number of nitrogens with one attached hydrogen (secondary N) is 2. The van der Waals surface area contributed by atoms with Gasteiger partial charge in [0, 0.05) is 24.0 Å². The van der Waals surface area contributed by atoms with Gasteiger partial charge in [0.1, 0.15) is 17.2 Å². The molecule has 0 saturated heterocycles. The Morgan fingerprint density at radius 1 is 1.30 bits per heavy atom. The Hall–Kier alpha value is -1.31. The molecular weight excluding hydrogens is 408 g/mol. The van der Waals surface area contributed by atoms with Gasteiger partial charge in [-0.3, -0.25) is 4.99 Å². The summed E-state index contributed by atoms with van der Waals surface area (Å²) in [6.07, 6.45) is 0. The highest BCUT2D eigenvalue weighted by atomic mass is 127. The van der Waals surface area contributed by atoms with Gasteiger partial charge in [0.25, 0.3) is 0 Å². The molecule has 0 radical (unpaired) electrons. The van der Waals surface area contributed by atoms with Crippen molar-refractivity contribution in [1.82, 2.24) is 10.6 Å². The molecule has 23 heavy (non-hydrogen) atoms. The molecule has 1 unspecified atom stereocenters. The van der Waals surface area contributed by atoms with Crippen LogP contribution in [0, 0.1) is 18.7 Å². The van der Waals surface area contributed by atoms with Crippen LogP contribution in [0.15, 0.2) is 27.6 Å². The van der Waals surface area contributed by atoms with Crippen LogP contribution in [0.5, 0.6) is 0 Å².